The summed E-state index contributed by atoms with van der Waals surface area (Å²) in [6, 6.07) is 0.526. The lowest BCUT2D eigenvalue weighted by Gasteiger charge is -2.28. The largest absolute Gasteiger partial charge is 0.466 e. The standard InChI is InChI=1S/C9H15NO2/c1-7-4-5-8(6-10(7)2)9(11)12-3/h6-7H,4-5H2,1-3H3. The van der Waals surface area contributed by atoms with Crippen LogP contribution in [0.3, 0.4) is 0 Å². The molecule has 1 rings (SSSR count). The molecule has 12 heavy (non-hydrogen) atoms. The van der Waals surface area contributed by atoms with E-state index >= 15 is 0 Å². The van der Waals surface area contributed by atoms with Crippen molar-refractivity contribution in [3.8, 4) is 0 Å². The van der Waals surface area contributed by atoms with E-state index in [1.54, 1.807) is 0 Å². The Hall–Kier alpha value is -0.990. The molecule has 3 nitrogen and oxygen atoms in total. The molecule has 0 fully saturated rings. The molecule has 0 radical (unpaired) electrons. The number of esters is 1. The summed E-state index contributed by atoms with van der Waals surface area (Å²) in [7, 11) is 3.40. The van der Waals surface area contributed by atoms with E-state index in [0.717, 1.165) is 18.4 Å². The SMILES string of the molecule is COC(=O)C1=CN(C)C(C)CC1. The molecule has 1 atom stereocenters. The second kappa shape index (κ2) is 3.61. The maximum Gasteiger partial charge on any atom is 0.335 e. The lowest BCUT2D eigenvalue weighted by Crippen LogP contribution is -2.29. The Balaban J connectivity index is 2.68. The molecule has 68 valence electrons. The van der Waals surface area contributed by atoms with Gasteiger partial charge in [0.2, 0.25) is 0 Å². The van der Waals surface area contributed by atoms with E-state index in [4.69, 9.17) is 0 Å². The number of hydrogen-bond donors (Lipinski definition) is 0. The summed E-state index contributed by atoms with van der Waals surface area (Å²) >= 11 is 0. The van der Waals surface area contributed by atoms with Crippen LogP contribution < -0.4 is 0 Å². The third-order valence-electron chi connectivity index (χ3n) is 2.33. The van der Waals surface area contributed by atoms with Crippen molar-refractivity contribution < 1.29 is 9.53 Å². The van der Waals surface area contributed by atoms with Gasteiger partial charge in [-0.1, -0.05) is 0 Å². The number of nitrogens with zero attached hydrogens (tertiary/aromatic N) is 1. The van der Waals surface area contributed by atoms with Crippen LogP contribution in [0.1, 0.15) is 19.8 Å². The molecule has 3 heteroatoms. The van der Waals surface area contributed by atoms with Gasteiger partial charge in [-0.2, -0.15) is 0 Å². The van der Waals surface area contributed by atoms with Gasteiger partial charge in [0.15, 0.2) is 0 Å². The first-order valence-corrected chi connectivity index (χ1v) is 4.16. The minimum absolute atomic E-state index is 0.200. The van der Waals surface area contributed by atoms with Crippen molar-refractivity contribution in [1.82, 2.24) is 4.90 Å². The van der Waals surface area contributed by atoms with Crippen LogP contribution >= 0.6 is 0 Å². The Morgan fingerprint density at radius 3 is 2.92 bits per heavy atom. The van der Waals surface area contributed by atoms with Crippen molar-refractivity contribution in [2.24, 2.45) is 0 Å². The predicted octanol–water partition coefficient (Wildman–Crippen LogP) is 1.16. The van der Waals surface area contributed by atoms with Crippen molar-refractivity contribution in [1.29, 1.82) is 0 Å². The second-order valence-corrected chi connectivity index (χ2v) is 3.20. The maximum absolute atomic E-state index is 11.1. The number of rotatable bonds is 1. The van der Waals surface area contributed by atoms with Crippen LogP contribution in [0.4, 0.5) is 0 Å². The van der Waals surface area contributed by atoms with E-state index in [9.17, 15) is 4.79 Å². The molecule has 1 heterocycles. The van der Waals surface area contributed by atoms with Crippen molar-refractivity contribution in [3.05, 3.63) is 11.8 Å². The van der Waals surface area contributed by atoms with Crippen LogP contribution in [0.25, 0.3) is 0 Å². The summed E-state index contributed by atoms with van der Waals surface area (Å²) < 4.78 is 4.64. The summed E-state index contributed by atoms with van der Waals surface area (Å²) in [6.45, 7) is 2.14. The summed E-state index contributed by atoms with van der Waals surface area (Å²) in [5, 5.41) is 0. The number of hydrogen-bond acceptors (Lipinski definition) is 3. The monoisotopic (exact) mass is 169 g/mol. The minimum Gasteiger partial charge on any atom is -0.466 e. The van der Waals surface area contributed by atoms with Gasteiger partial charge in [0.05, 0.1) is 12.7 Å². The van der Waals surface area contributed by atoms with Crippen molar-refractivity contribution in [3.63, 3.8) is 0 Å². The summed E-state index contributed by atoms with van der Waals surface area (Å²) in [5.41, 5.74) is 0.776. The zero-order valence-corrected chi connectivity index (χ0v) is 7.83. The number of ether oxygens (including phenoxy) is 1. The van der Waals surface area contributed by atoms with E-state index in [1.165, 1.54) is 7.11 Å². The molecule has 1 unspecified atom stereocenters. The van der Waals surface area contributed by atoms with Crippen LogP contribution in [-0.4, -0.2) is 31.1 Å². The number of carbonyl (C=O) groups excluding carboxylic acids is 1. The van der Waals surface area contributed by atoms with E-state index in [0.29, 0.717) is 6.04 Å². The van der Waals surface area contributed by atoms with Gasteiger partial charge in [0.1, 0.15) is 0 Å². The molecule has 0 N–H and O–H groups in total. The molecule has 1 aliphatic heterocycles. The van der Waals surface area contributed by atoms with Crippen LogP contribution in [0.15, 0.2) is 11.8 Å². The maximum atomic E-state index is 11.1. The van der Waals surface area contributed by atoms with Gasteiger partial charge in [-0.25, -0.2) is 4.79 Å². The molecular weight excluding hydrogens is 154 g/mol. The normalized spacial score (nSPS) is 23.4. The smallest absolute Gasteiger partial charge is 0.335 e. The molecule has 0 bridgehead atoms. The fraction of sp³-hybridized carbons (Fsp3) is 0.667. The molecule has 0 spiro atoms. The van der Waals surface area contributed by atoms with Gasteiger partial charge >= 0.3 is 5.97 Å². The summed E-state index contributed by atoms with van der Waals surface area (Å²) in [6.07, 6.45) is 3.73. The zero-order chi connectivity index (χ0) is 9.14. The van der Waals surface area contributed by atoms with Gasteiger partial charge < -0.3 is 9.64 Å². The molecule has 0 aromatic carbocycles. The highest BCUT2D eigenvalue weighted by Crippen LogP contribution is 2.19. The van der Waals surface area contributed by atoms with Gasteiger partial charge in [0, 0.05) is 19.3 Å². The van der Waals surface area contributed by atoms with Gasteiger partial charge in [-0.05, 0) is 19.8 Å². The predicted molar refractivity (Wildman–Crippen MR) is 46.6 cm³/mol. The molecule has 0 aromatic heterocycles. The lowest BCUT2D eigenvalue weighted by atomic mass is 10.0. The molecule has 0 saturated heterocycles. The molecule has 0 aromatic rings. The summed E-state index contributed by atoms with van der Waals surface area (Å²) in [5.74, 6) is -0.200. The van der Waals surface area contributed by atoms with E-state index < -0.39 is 0 Å². The number of carbonyl (C=O) groups is 1. The Morgan fingerprint density at radius 2 is 2.42 bits per heavy atom. The molecule has 1 aliphatic rings. The summed E-state index contributed by atoms with van der Waals surface area (Å²) in [4.78, 5) is 13.2. The average Bonchev–Trinajstić information content (AvgIpc) is 2.08. The Morgan fingerprint density at radius 1 is 1.75 bits per heavy atom. The van der Waals surface area contributed by atoms with Crippen LogP contribution in [0.5, 0.6) is 0 Å². The highest BCUT2D eigenvalue weighted by Gasteiger charge is 2.19. The first kappa shape index (κ1) is 9.10. The van der Waals surface area contributed by atoms with E-state index in [2.05, 4.69) is 16.6 Å². The highest BCUT2D eigenvalue weighted by molar-refractivity contribution is 5.88. The second-order valence-electron chi connectivity index (χ2n) is 3.20. The van der Waals surface area contributed by atoms with E-state index in [-0.39, 0.29) is 5.97 Å². The van der Waals surface area contributed by atoms with Gasteiger partial charge in [-0.3, -0.25) is 0 Å². The number of methoxy groups -OCH3 is 1. The van der Waals surface area contributed by atoms with Crippen molar-refractivity contribution in [2.75, 3.05) is 14.2 Å². The minimum atomic E-state index is -0.200. The first-order valence-electron chi connectivity index (χ1n) is 4.16. The van der Waals surface area contributed by atoms with Crippen molar-refractivity contribution >= 4 is 5.97 Å². The van der Waals surface area contributed by atoms with Crippen LogP contribution in [0.2, 0.25) is 0 Å². The van der Waals surface area contributed by atoms with E-state index in [1.807, 2.05) is 13.2 Å². The quantitative estimate of drug-likeness (QED) is 0.552. The average molecular weight is 169 g/mol. The van der Waals surface area contributed by atoms with Crippen LogP contribution in [-0.2, 0) is 9.53 Å². The molecular formula is C9H15NO2. The third-order valence-corrected chi connectivity index (χ3v) is 2.33. The molecule has 0 amide bonds. The highest BCUT2D eigenvalue weighted by atomic mass is 16.5. The fourth-order valence-electron chi connectivity index (χ4n) is 1.29. The van der Waals surface area contributed by atoms with Crippen LogP contribution in [0, 0.1) is 0 Å². The fourth-order valence-corrected chi connectivity index (χ4v) is 1.29. The van der Waals surface area contributed by atoms with Crippen molar-refractivity contribution in [2.45, 2.75) is 25.8 Å². The van der Waals surface area contributed by atoms with Gasteiger partial charge in [0.25, 0.3) is 0 Å². The first-order chi connectivity index (χ1) is 5.65. The molecule has 0 aliphatic carbocycles. The lowest BCUT2D eigenvalue weighted by molar-refractivity contribution is -0.136. The Kier molecular flexibility index (Phi) is 2.74. The Labute approximate surface area is 73.0 Å². The Bertz CT molecular complexity index is 211. The third kappa shape index (κ3) is 1.78. The topological polar surface area (TPSA) is 29.5 Å². The molecule has 0 saturated carbocycles. The zero-order valence-electron chi connectivity index (χ0n) is 7.83. The van der Waals surface area contributed by atoms with Gasteiger partial charge in [-0.15, -0.1) is 0 Å².